The Hall–Kier alpha value is -0.520. The van der Waals surface area contributed by atoms with Crippen LogP contribution in [-0.2, 0) is 0 Å². The fourth-order valence-electron chi connectivity index (χ4n) is 3.67. The topological polar surface area (TPSA) is 0 Å². The Bertz CT molecular complexity index is 693. The fourth-order valence-corrected chi connectivity index (χ4v) is 11.3. The molecule has 0 nitrogen and oxygen atoms in total. The summed E-state index contributed by atoms with van der Waals surface area (Å²) in [7, 11) is 3.40. The Balaban J connectivity index is 0.00000243. The predicted molar refractivity (Wildman–Crippen MR) is 133 cm³/mol. The second-order valence-electron chi connectivity index (χ2n) is 6.51. The number of alkyl halides is 1. The average Bonchev–Trinajstić information content (AvgIpc) is 2.70. The summed E-state index contributed by atoms with van der Waals surface area (Å²) in [4.78, 5) is 0. The molecule has 0 amide bonds. The molecule has 26 heavy (non-hydrogen) atoms. The zero-order chi connectivity index (χ0) is 17.6. The van der Waals surface area contributed by atoms with Crippen LogP contribution in [0, 0.1) is 0 Å². The van der Waals surface area contributed by atoms with E-state index in [-0.39, 0.29) is 17.0 Å². The number of unbranched alkanes of at least 4 members (excludes halogenated alkanes) is 1. The van der Waals surface area contributed by atoms with Gasteiger partial charge in [-0.3, -0.25) is 0 Å². The quantitative estimate of drug-likeness (QED) is 0.205. The summed E-state index contributed by atoms with van der Waals surface area (Å²) in [5.74, 6) is 0. The van der Waals surface area contributed by atoms with Crippen LogP contribution < -0.4 is 15.9 Å². The molecule has 0 spiro atoms. The molecule has 0 radical (unpaired) electrons. The van der Waals surface area contributed by atoms with E-state index in [0.29, 0.717) is 0 Å². The number of rotatable bonds is 7. The number of halogens is 2. The molecular weight excluding hydrogens is 486 g/mol. The van der Waals surface area contributed by atoms with E-state index in [1.54, 1.807) is 0 Å². The molecule has 0 bridgehead atoms. The summed E-state index contributed by atoms with van der Waals surface area (Å²) < 4.78 is 0. The minimum atomic E-state index is -2.57. The predicted octanol–water partition coefficient (Wildman–Crippen LogP) is 6.06. The van der Waals surface area contributed by atoms with Gasteiger partial charge in [0.15, 0.2) is 0 Å². The van der Waals surface area contributed by atoms with Crippen LogP contribution in [0.3, 0.4) is 0 Å². The second-order valence-corrected chi connectivity index (χ2v) is 15.5. The third-order valence-electron chi connectivity index (χ3n) is 5.04. The van der Waals surface area contributed by atoms with Crippen molar-refractivity contribution in [2.45, 2.75) is 12.8 Å². The Kier molecular flexibility index (Phi) is 8.05. The Morgan fingerprint density at radius 2 is 0.962 bits per heavy atom. The van der Waals surface area contributed by atoms with Gasteiger partial charge >= 0.3 is 162 Å². The maximum atomic E-state index is 3.61. The van der Waals surface area contributed by atoms with E-state index in [4.69, 9.17) is 0 Å². The van der Waals surface area contributed by atoms with Crippen LogP contribution in [0.25, 0.3) is 0 Å². The van der Waals surface area contributed by atoms with Gasteiger partial charge in [-0.15, -0.1) is 17.0 Å². The van der Waals surface area contributed by atoms with Crippen LogP contribution in [-0.4, -0.2) is 11.5 Å². The Morgan fingerprint density at radius 1 is 0.615 bits per heavy atom. The van der Waals surface area contributed by atoms with Gasteiger partial charge in [-0.2, -0.15) is 0 Å². The molecule has 0 saturated heterocycles. The van der Waals surface area contributed by atoms with Crippen LogP contribution in [0.4, 0.5) is 0 Å². The van der Waals surface area contributed by atoms with E-state index in [0.717, 1.165) is 5.33 Å². The molecule has 3 aromatic carbocycles. The van der Waals surface area contributed by atoms with Crippen molar-refractivity contribution in [2.24, 2.45) is 0 Å². The first-order valence-corrected chi connectivity index (χ1v) is 13.9. The molecule has 0 saturated carbocycles. The summed E-state index contributed by atoms with van der Waals surface area (Å²) in [5.41, 5.74) is 0. The van der Waals surface area contributed by atoms with Gasteiger partial charge in [0.1, 0.15) is 0 Å². The molecule has 0 aliphatic carbocycles. The third kappa shape index (κ3) is 4.00. The standard InChI is InChI=1S/C22H25BrP2.BrH/c23-18-10-11-19-25(24,20-12-4-1-5-13-20,21-14-6-2-7-15-21)22-16-8-3-9-17-22;/h1-9,12-17H,10-11,18-19,24H2;1H. The van der Waals surface area contributed by atoms with Crippen molar-refractivity contribution in [3.8, 4) is 0 Å². The van der Waals surface area contributed by atoms with Crippen LogP contribution in [0.15, 0.2) is 91.0 Å². The van der Waals surface area contributed by atoms with Gasteiger partial charge in [0.2, 0.25) is 0 Å². The number of hydrogen-bond donors (Lipinski definition) is 0. The molecule has 0 N–H and O–H groups in total. The van der Waals surface area contributed by atoms with Crippen molar-refractivity contribution in [1.82, 2.24) is 0 Å². The van der Waals surface area contributed by atoms with E-state index in [2.05, 4.69) is 116 Å². The van der Waals surface area contributed by atoms with Crippen molar-refractivity contribution >= 4 is 64.0 Å². The Labute approximate surface area is 178 Å². The molecule has 4 heteroatoms. The van der Waals surface area contributed by atoms with Gasteiger partial charge in [-0.25, -0.2) is 0 Å². The van der Waals surface area contributed by atoms with Gasteiger partial charge in [0, 0.05) is 0 Å². The van der Waals surface area contributed by atoms with Crippen molar-refractivity contribution in [2.75, 3.05) is 11.5 Å². The zero-order valence-electron chi connectivity index (χ0n) is 14.8. The molecule has 3 aromatic rings. The van der Waals surface area contributed by atoms with E-state index in [9.17, 15) is 0 Å². The monoisotopic (exact) mass is 510 g/mol. The summed E-state index contributed by atoms with van der Waals surface area (Å²) in [5, 5.41) is 5.41. The second kappa shape index (κ2) is 9.61. The minimum absolute atomic E-state index is 0. The van der Waals surface area contributed by atoms with E-state index in [1.807, 2.05) is 0 Å². The van der Waals surface area contributed by atoms with E-state index >= 15 is 0 Å². The molecule has 1 unspecified atom stereocenters. The van der Waals surface area contributed by atoms with Crippen molar-refractivity contribution < 1.29 is 0 Å². The van der Waals surface area contributed by atoms with Crippen molar-refractivity contribution in [3.05, 3.63) is 91.0 Å². The van der Waals surface area contributed by atoms with Gasteiger partial charge in [0.25, 0.3) is 0 Å². The summed E-state index contributed by atoms with van der Waals surface area (Å²) in [6.07, 6.45) is 0.985. The first kappa shape index (κ1) is 21.8. The van der Waals surface area contributed by atoms with Gasteiger partial charge in [0.05, 0.1) is 0 Å². The molecule has 0 heterocycles. The molecule has 0 fully saturated rings. The number of benzene rings is 3. The van der Waals surface area contributed by atoms with Crippen LogP contribution >= 0.6 is 48.1 Å². The van der Waals surface area contributed by atoms with Crippen LogP contribution in [0.1, 0.15) is 12.8 Å². The normalized spacial score (nSPS) is 12.6. The molecule has 0 aromatic heterocycles. The molecule has 138 valence electrons. The van der Waals surface area contributed by atoms with Crippen LogP contribution in [0.5, 0.6) is 0 Å². The maximum absolute atomic E-state index is 3.61. The third-order valence-corrected chi connectivity index (χ3v) is 14.7. The summed E-state index contributed by atoms with van der Waals surface area (Å²) in [6, 6.07) is 33.3. The summed E-state index contributed by atoms with van der Waals surface area (Å²) >= 11 is 3.61. The van der Waals surface area contributed by atoms with Gasteiger partial charge in [-0.1, -0.05) is 0 Å². The number of hydrogen-bond acceptors (Lipinski definition) is 0. The van der Waals surface area contributed by atoms with E-state index in [1.165, 1.54) is 34.9 Å². The fraction of sp³-hybridized carbons (Fsp3) is 0.182. The first-order valence-electron chi connectivity index (χ1n) is 8.74. The zero-order valence-corrected chi connectivity index (χ0v) is 20.1. The van der Waals surface area contributed by atoms with Gasteiger partial charge in [-0.05, 0) is 0 Å². The Morgan fingerprint density at radius 3 is 1.27 bits per heavy atom. The molecule has 1 atom stereocenters. The molecule has 0 aliphatic heterocycles. The first-order chi connectivity index (χ1) is 12.2. The molecule has 3 rings (SSSR count). The van der Waals surface area contributed by atoms with E-state index < -0.39 is 6.29 Å². The van der Waals surface area contributed by atoms with Crippen LogP contribution in [0.2, 0.25) is 0 Å². The molecule has 0 aliphatic rings. The molecular formula is C22H26Br2P2. The average molecular weight is 512 g/mol. The van der Waals surface area contributed by atoms with Crippen molar-refractivity contribution in [1.29, 1.82) is 0 Å². The summed E-state index contributed by atoms with van der Waals surface area (Å²) in [6.45, 7) is 0. The van der Waals surface area contributed by atoms with Crippen molar-refractivity contribution in [3.63, 3.8) is 0 Å². The SMILES string of the molecule is Br.PP(CCCCBr)(c1ccccc1)(c1ccccc1)c1ccccc1. The van der Waals surface area contributed by atoms with Gasteiger partial charge < -0.3 is 0 Å².